The van der Waals surface area contributed by atoms with Crippen LogP contribution in [-0.2, 0) is 6.42 Å². The molecule has 0 spiro atoms. The van der Waals surface area contributed by atoms with Crippen molar-refractivity contribution in [3.63, 3.8) is 0 Å². The molecule has 0 atom stereocenters. The van der Waals surface area contributed by atoms with Gasteiger partial charge in [0.15, 0.2) is 5.69 Å². The zero-order valence-corrected chi connectivity index (χ0v) is 11.3. The molecule has 0 saturated carbocycles. The Bertz CT molecular complexity index is 613. The molecule has 0 amide bonds. The maximum Gasteiger partial charge on any atom is 0.356 e. The number of pyridine rings is 1. The maximum atomic E-state index is 11.0. The number of nitrogens with zero attached hydrogens (tertiary/aromatic N) is 1. The van der Waals surface area contributed by atoms with Crippen LogP contribution in [0, 0.1) is 0 Å². The first-order valence-corrected chi connectivity index (χ1v) is 6.23. The summed E-state index contributed by atoms with van der Waals surface area (Å²) in [5, 5.41) is 10.0. The Labute approximate surface area is 112 Å². The highest BCUT2D eigenvalue weighted by Gasteiger charge is 2.18. The summed E-state index contributed by atoms with van der Waals surface area (Å²) in [5.41, 5.74) is 1.60. The van der Waals surface area contributed by atoms with E-state index in [2.05, 4.69) is 20.9 Å². The summed E-state index contributed by atoms with van der Waals surface area (Å²) >= 11 is 9.36. The van der Waals surface area contributed by atoms with Gasteiger partial charge in [-0.05, 0) is 34.0 Å². The fourth-order valence-electron chi connectivity index (χ4n) is 1.75. The molecule has 0 aliphatic heterocycles. The van der Waals surface area contributed by atoms with Crippen molar-refractivity contribution >= 4 is 44.4 Å². The van der Waals surface area contributed by atoms with Crippen LogP contribution < -0.4 is 0 Å². The highest BCUT2D eigenvalue weighted by Crippen LogP contribution is 2.34. The van der Waals surface area contributed by atoms with Gasteiger partial charge in [0.2, 0.25) is 0 Å². The topological polar surface area (TPSA) is 50.2 Å². The van der Waals surface area contributed by atoms with Gasteiger partial charge in [-0.15, -0.1) is 0 Å². The molecule has 0 aliphatic rings. The average Bonchev–Trinajstić information content (AvgIpc) is 2.32. The minimum atomic E-state index is -1.13. The van der Waals surface area contributed by atoms with Gasteiger partial charge in [0.05, 0.1) is 10.5 Å². The number of hydrogen-bond acceptors (Lipinski definition) is 2. The summed E-state index contributed by atoms with van der Waals surface area (Å²) in [6.45, 7) is 2.03. The van der Waals surface area contributed by atoms with E-state index in [0.29, 0.717) is 9.99 Å². The molecule has 0 fully saturated rings. The number of carboxylic acid groups (broad SMARTS) is 1. The van der Waals surface area contributed by atoms with Crippen molar-refractivity contribution in [3.05, 3.63) is 39.0 Å². The first-order chi connectivity index (χ1) is 8.06. The van der Waals surface area contributed by atoms with Gasteiger partial charge in [0.25, 0.3) is 0 Å². The van der Waals surface area contributed by atoms with Gasteiger partial charge in [-0.3, -0.25) is 0 Å². The van der Waals surface area contributed by atoms with Gasteiger partial charge < -0.3 is 5.11 Å². The Hall–Kier alpha value is -1.13. The monoisotopic (exact) mass is 313 g/mol. The molecule has 2 aromatic rings. The summed E-state index contributed by atoms with van der Waals surface area (Å²) in [6, 6.07) is 5.62. The Balaban J connectivity index is 2.90. The van der Waals surface area contributed by atoms with E-state index in [1.807, 2.05) is 19.1 Å². The molecule has 2 rings (SSSR count). The van der Waals surface area contributed by atoms with Crippen molar-refractivity contribution in [2.75, 3.05) is 0 Å². The number of carbonyl (C=O) groups is 1. The molecule has 0 saturated heterocycles. The van der Waals surface area contributed by atoms with Crippen LogP contribution in [0.4, 0.5) is 0 Å². The van der Waals surface area contributed by atoms with Crippen LogP contribution in [0.15, 0.2) is 22.7 Å². The lowest BCUT2D eigenvalue weighted by molar-refractivity contribution is 0.0691. The van der Waals surface area contributed by atoms with Crippen LogP contribution in [0.1, 0.15) is 23.0 Å². The Morgan fingerprint density at radius 2 is 2.24 bits per heavy atom. The lowest BCUT2D eigenvalue weighted by Crippen LogP contribution is -2.03. The molecule has 3 nitrogen and oxygen atoms in total. The number of benzene rings is 1. The summed E-state index contributed by atoms with van der Waals surface area (Å²) in [4.78, 5) is 15.1. The van der Waals surface area contributed by atoms with Crippen molar-refractivity contribution in [1.82, 2.24) is 4.98 Å². The van der Waals surface area contributed by atoms with Crippen molar-refractivity contribution in [2.24, 2.45) is 0 Å². The van der Waals surface area contributed by atoms with Gasteiger partial charge in [0, 0.05) is 9.86 Å². The average molecular weight is 315 g/mol. The third-order valence-corrected chi connectivity index (χ3v) is 3.95. The fourth-order valence-corrected chi connectivity index (χ4v) is 2.62. The van der Waals surface area contributed by atoms with Crippen molar-refractivity contribution in [2.45, 2.75) is 13.3 Å². The molecule has 88 valence electrons. The molecular weight excluding hydrogens is 305 g/mol. The van der Waals surface area contributed by atoms with E-state index in [9.17, 15) is 4.79 Å². The van der Waals surface area contributed by atoms with Crippen LogP contribution in [0.2, 0.25) is 5.02 Å². The smallest absolute Gasteiger partial charge is 0.356 e. The van der Waals surface area contributed by atoms with Gasteiger partial charge in [-0.2, -0.15) is 0 Å². The maximum absolute atomic E-state index is 11.0. The predicted molar refractivity (Wildman–Crippen MR) is 70.8 cm³/mol. The van der Waals surface area contributed by atoms with Gasteiger partial charge >= 0.3 is 5.97 Å². The lowest BCUT2D eigenvalue weighted by Gasteiger charge is -2.09. The standard InChI is InChI=1S/C12H9BrClNO2/c1-2-6-4-3-5-7-8(6)9(13)10(14)11(15-7)12(16)17/h3-5H,2H2,1H3,(H,16,17). The highest BCUT2D eigenvalue weighted by atomic mass is 79.9. The molecule has 17 heavy (non-hydrogen) atoms. The third-order valence-electron chi connectivity index (χ3n) is 2.56. The van der Waals surface area contributed by atoms with Crippen LogP contribution in [-0.4, -0.2) is 16.1 Å². The molecule has 1 aromatic carbocycles. The predicted octanol–water partition coefficient (Wildman–Crippen LogP) is 3.91. The number of carboxylic acids is 1. The lowest BCUT2D eigenvalue weighted by atomic mass is 10.1. The number of halogens is 2. The second-order valence-electron chi connectivity index (χ2n) is 3.56. The van der Waals surface area contributed by atoms with E-state index in [1.54, 1.807) is 6.07 Å². The molecule has 0 bridgehead atoms. The highest BCUT2D eigenvalue weighted by molar-refractivity contribution is 9.10. The van der Waals surface area contributed by atoms with Crippen molar-refractivity contribution in [1.29, 1.82) is 0 Å². The first kappa shape index (κ1) is 12.3. The minimum Gasteiger partial charge on any atom is -0.476 e. The normalized spacial score (nSPS) is 10.8. The number of hydrogen-bond donors (Lipinski definition) is 1. The van der Waals surface area contributed by atoms with E-state index in [-0.39, 0.29) is 10.7 Å². The van der Waals surface area contributed by atoms with E-state index in [1.165, 1.54) is 0 Å². The second kappa shape index (κ2) is 4.63. The van der Waals surface area contributed by atoms with Gasteiger partial charge in [-0.1, -0.05) is 30.7 Å². The minimum absolute atomic E-state index is 0.126. The van der Waals surface area contributed by atoms with Crippen LogP contribution in [0.3, 0.4) is 0 Å². The van der Waals surface area contributed by atoms with E-state index < -0.39 is 5.97 Å². The SMILES string of the molecule is CCc1cccc2nc(C(=O)O)c(Cl)c(Br)c12. The molecule has 5 heteroatoms. The van der Waals surface area contributed by atoms with Crippen molar-refractivity contribution in [3.8, 4) is 0 Å². The zero-order valence-electron chi connectivity index (χ0n) is 9.00. The quantitative estimate of drug-likeness (QED) is 0.914. The zero-order chi connectivity index (χ0) is 12.6. The summed E-state index contributed by atoms with van der Waals surface area (Å²) in [6.07, 6.45) is 0.834. The molecule has 1 heterocycles. The number of rotatable bonds is 2. The Morgan fingerprint density at radius 1 is 1.53 bits per heavy atom. The third kappa shape index (κ3) is 2.03. The van der Waals surface area contributed by atoms with Gasteiger partial charge in [0.1, 0.15) is 0 Å². The molecule has 0 aliphatic carbocycles. The fraction of sp³-hybridized carbons (Fsp3) is 0.167. The van der Waals surface area contributed by atoms with E-state index >= 15 is 0 Å². The first-order valence-electron chi connectivity index (χ1n) is 5.06. The van der Waals surface area contributed by atoms with E-state index in [0.717, 1.165) is 17.4 Å². The molecule has 1 aromatic heterocycles. The number of aromatic carboxylic acids is 1. The van der Waals surface area contributed by atoms with Crippen LogP contribution in [0.5, 0.6) is 0 Å². The Kier molecular flexibility index (Phi) is 3.35. The van der Waals surface area contributed by atoms with E-state index in [4.69, 9.17) is 16.7 Å². The van der Waals surface area contributed by atoms with Crippen molar-refractivity contribution < 1.29 is 9.90 Å². The van der Waals surface area contributed by atoms with Gasteiger partial charge in [-0.25, -0.2) is 9.78 Å². The van der Waals surface area contributed by atoms with Crippen LogP contribution >= 0.6 is 27.5 Å². The number of aromatic nitrogens is 1. The summed E-state index contributed by atoms with van der Waals surface area (Å²) in [7, 11) is 0. The molecule has 0 unspecified atom stereocenters. The van der Waals surface area contributed by atoms with Crippen LogP contribution in [0.25, 0.3) is 10.9 Å². The number of aryl methyl sites for hydroxylation is 1. The second-order valence-corrected chi connectivity index (χ2v) is 4.73. The summed E-state index contributed by atoms with van der Waals surface area (Å²) in [5.74, 6) is -1.13. The molecule has 1 N–H and O–H groups in total. The Morgan fingerprint density at radius 3 is 2.82 bits per heavy atom. The summed E-state index contributed by atoms with van der Waals surface area (Å²) < 4.78 is 0.596. The molecular formula is C12H9BrClNO2. The molecule has 0 radical (unpaired) electrons. The largest absolute Gasteiger partial charge is 0.476 e. The number of fused-ring (bicyclic) bond motifs is 1.